The standard InChI is InChI=1S/C25H23N7O2S/c1-2-21(33)31-9-3-4-18(12-31)32-25-22(24(27)28-15-29-25)23(30-32)17-10-20(35-14-17)13-34-19-7-5-16(11-26)6-8-19/h2,5-8,10,14-15,18H,1,3-4,9,12-13H2,(H2,27,28,29). The Balaban J connectivity index is 1.43. The fourth-order valence-electron chi connectivity index (χ4n) is 4.30. The van der Waals surface area contributed by atoms with Crippen molar-refractivity contribution < 1.29 is 9.53 Å². The van der Waals surface area contributed by atoms with Crippen LogP contribution < -0.4 is 10.5 Å². The van der Waals surface area contributed by atoms with E-state index in [0.717, 1.165) is 23.3 Å². The van der Waals surface area contributed by atoms with Gasteiger partial charge in [-0.1, -0.05) is 6.58 Å². The molecule has 3 aromatic heterocycles. The van der Waals surface area contributed by atoms with Gasteiger partial charge < -0.3 is 15.4 Å². The molecule has 0 aliphatic carbocycles. The first-order valence-corrected chi connectivity index (χ1v) is 12.1. The fraction of sp³-hybridized carbons (Fsp3) is 0.240. The van der Waals surface area contributed by atoms with Crippen LogP contribution in [0.5, 0.6) is 5.75 Å². The van der Waals surface area contributed by atoms with Crippen LogP contribution in [0.25, 0.3) is 22.3 Å². The van der Waals surface area contributed by atoms with Crippen molar-refractivity contribution in [2.75, 3.05) is 18.8 Å². The molecule has 35 heavy (non-hydrogen) atoms. The highest BCUT2D eigenvalue weighted by atomic mass is 32.1. The van der Waals surface area contributed by atoms with Crippen molar-refractivity contribution in [3.05, 3.63) is 65.1 Å². The van der Waals surface area contributed by atoms with Crippen LogP contribution in [-0.4, -0.2) is 43.6 Å². The van der Waals surface area contributed by atoms with Crippen molar-refractivity contribution in [2.24, 2.45) is 0 Å². The van der Waals surface area contributed by atoms with Crippen molar-refractivity contribution >= 4 is 34.1 Å². The Labute approximate surface area is 206 Å². The molecule has 1 aliphatic rings. The number of nitriles is 1. The molecule has 4 aromatic rings. The zero-order valence-corrected chi connectivity index (χ0v) is 19.7. The molecule has 0 spiro atoms. The second kappa shape index (κ2) is 9.56. The number of amides is 1. The fourth-order valence-corrected chi connectivity index (χ4v) is 5.08. The summed E-state index contributed by atoms with van der Waals surface area (Å²) in [5.41, 5.74) is 9.15. The molecule has 1 saturated heterocycles. The Morgan fingerprint density at radius 2 is 2.17 bits per heavy atom. The lowest BCUT2D eigenvalue weighted by molar-refractivity contribution is -0.127. The molecule has 2 N–H and O–H groups in total. The van der Waals surface area contributed by atoms with Crippen LogP contribution in [0.3, 0.4) is 0 Å². The molecule has 0 saturated carbocycles. The van der Waals surface area contributed by atoms with Gasteiger partial charge in [-0.15, -0.1) is 11.3 Å². The highest BCUT2D eigenvalue weighted by Crippen LogP contribution is 2.35. The van der Waals surface area contributed by atoms with E-state index in [0.29, 0.717) is 53.6 Å². The number of nitrogens with zero attached hydrogens (tertiary/aromatic N) is 6. The van der Waals surface area contributed by atoms with Crippen LogP contribution in [0.2, 0.25) is 0 Å². The van der Waals surface area contributed by atoms with Crippen LogP contribution in [0.15, 0.2) is 54.7 Å². The third-order valence-corrected chi connectivity index (χ3v) is 6.95. The van der Waals surface area contributed by atoms with Crippen LogP contribution >= 0.6 is 11.3 Å². The number of benzene rings is 1. The number of nitrogens with two attached hydrogens (primary N) is 1. The van der Waals surface area contributed by atoms with Gasteiger partial charge in [0.25, 0.3) is 0 Å². The maximum absolute atomic E-state index is 12.2. The first kappa shape index (κ1) is 22.6. The van der Waals surface area contributed by atoms with Crippen molar-refractivity contribution in [1.29, 1.82) is 5.26 Å². The number of hydrogen-bond acceptors (Lipinski definition) is 8. The average molecular weight is 486 g/mol. The van der Waals surface area contributed by atoms with Gasteiger partial charge in [0.2, 0.25) is 5.91 Å². The van der Waals surface area contributed by atoms with E-state index in [1.54, 1.807) is 40.5 Å². The quantitative estimate of drug-likeness (QED) is 0.410. The number of carbonyl (C=O) groups excluding carboxylic acids is 1. The van der Waals surface area contributed by atoms with Crippen LogP contribution in [0, 0.1) is 11.3 Å². The molecule has 4 heterocycles. The third-order valence-electron chi connectivity index (χ3n) is 6.04. The van der Waals surface area contributed by atoms with Gasteiger partial charge in [0.1, 0.15) is 30.2 Å². The first-order chi connectivity index (χ1) is 17.1. The predicted molar refractivity (Wildman–Crippen MR) is 134 cm³/mol. The second-order valence-corrected chi connectivity index (χ2v) is 9.26. The summed E-state index contributed by atoms with van der Waals surface area (Å²) in [6, 6.07) is 11.1. The monoisotopic (exact) mass is 485 g/mol. The summed E-state index contributed by atoms with van der Waals surface area (Å²) in [5.74, 6) is 0.986. The van der Waals surface area contributed by atoms with E-state index in [-0.39, 0.29) is 11.9 Å². The number of thiophene rings is 1. The molecular weight excluding hydrogens is 462 g/mol. The molecule has 1 aliphatic heterocycles. The molecule has 0 radical (unpaired) electrons. The van der Waals surface area contributed by atoms with E-state index in [4.69, 9.17) is 20.8 Å². The molecule has 5 rings (SSSR count). The number of ether oxygens (including phenoxy) is 1. The van der Waals surface area contributed by atoms with Crippen LogP contribution in [0.1, 0.15) is 29.3 Å². The molecule has 1 atom stereocenters. The largest absolute Gasteiger partial charge is 0.488 e. The van der Waals surface area contributed by atoms with Gasteiger partial charge in [-0.2, -0.15) is 10.4 Å². The molecule has 1 unspecified atom stereocenters. The number of hydrogen-bond donors (Lipinski definition) is 1. The average Bonchev–Trinajstić information content (AvgIpc) is 3.53. The van der Waals surface area contributed by atoms with Crippen molar-refractivity contribution in [3.8, 4) is 23.1 Å². The molecule has 1 aromatic carbocycles. The van der Waals surface area contributed by atoms with Gasteiger partial charge in [-0.3, -0.25) is 4.79 Å². The Morgan fingerprint density at radius 1 is 1.34 bits per heavy atom. The van der Waals surface area contributed by atoms with Crippen molar-refractivity contribution in [2.45, 2.75) is 25.5 Å². The van der Waals surface area contributed by atoms with Crippen molar-refractivity contribution in [3.63, 3.8) is 0 Å². The van der Waals surface area contributed by atoms with E-state index >= 15 is 0 Å². The van der Waals surface area contributed by atoms with E-state index in [9.17, 15) is 4.79 Å². The zero-order chi connectivity index (χ0) is 24.4. The van der Waals surface area contributed by atoms with Gasteiger partial charge in [-0.05, 0) is 49.2 Å². The Hall–Kier alpha value is -4.23. The number of piperidine rings is 1. The van der Waals surface area contributed by atoms with Crippen molar-refractivity contribution in [1.82, 2.24) is 24.6 Å². The molecule has 176 valence electrons. The number of rotatable bonds is 6. The van der Waals surface area contributed by atoms with Crippen LogP contribution in [-0.2, 0) is 11.4 Å². The smallest absolute Gasteiger partial charge is 0.246 e. The number of anilines is 1. The van der Waals surface area contributed by atoms with Gasteiger partial charge in [-0.25, -0.2) is 14.6 Å². The highest BCUT2D eigenvalue weighted by molar-refractivity contribution is 7.10. The molecule has 1 amide bonds. The lowest BCUT2D eigenvalue weighted by atomic mass is 10.1. The Kier molecular flexibility index (Phi) is 6.16. The van der Waals surface area contributed by atoms with Gasteiger partial charge >= 0.3 is 0 Å². The minimum atomic E-state index is -0.0785. The highest BCUT2D eigenvalue weighted by Gasteiger charge is 2.28. The minimum Gasteiger partial charge on any atom is -0.488 e. The molecule has 0 bridgehead atoms. The summed E-state index contributed by atoms with van der Waals surface area (Å²) in [5, 5.41) is 16.6. The Morgan fingerprint density at radius 3 is 2.94 bits per heavy atom. The van der Waals surface area contributed by atoms with E-state index in [1.807, 2.05) is 16.1 Å². The summed E-state index contributed by atoms with van der Waals surface area (Å²) < 4.78 is 7.76. The summed E-state index contributed by atoms with van der Waals surface area (Å²) in [7, 11) is 0. The number of carbonyl (C=O) groups is 1. The summed E-state index contributed by atoms with van der Waals surface area (Å²) in [6.45, 7) is 5.25. The van der Waals surface area contributed by atoms with E-state index in [1.165, 1.54) is 12.4 Å². The lowest BCUT2D eigenvalue weighted by Crippen LogP contribution is -2.40. The maximum Gasteiger partial charge on any atom is 0.246 e. The van der Waals surface area contributed by atoms with Gasteiger partial charge in [0.05, 0.1) is 23.1 Å². The lowest BCUT2D eigenvalue weighted by Gasteiger charge is -2.32. The van der Waals surface area contributed by atoms with E-state index < -0.39 is 0 Å². The normalized spacial score (nSPS) is 15.6. The second-order valence-electron chi connectivity index (χ2n) is 8.26. The summed E-state index contributed by atoms with van der Waals surface area (Å²) >= 11 is 1.57. The number of aromatic nitrogens is 4. The van der Waals surface area contributed by atoms with E-state index in [2.05, 4.69) is 22.6 Å². The maximum atomic E-state index is 12.2. The molecule has 1 fully saturated rings. The number of fused-ring (bicyclic) bond motifs is 1. The van der Waals surface area contributed by atoms with Crippen LogP contribution in [0.4, 0.5) is 5.82 Å². The molecule has 9 nitrogen and oxygen atoms in total. The number of nitrogen functional groups attached to an aromatic ring is 1. The Bertz CT molecular complexity index is 1430. The first-order valence-electron chi connectivity index (χ1n) is 11.2. The topological polar surface area (TPSA) is 123 Å². The van der Waals surface area contributed by atoms with Gasteiger partial charge in [0, 0.05) is 28.9 Å². The van der Waals surface area contributed by atoms with Gasteiger partial charge in [0.15, 0.2) is 5.65 Å². The third kappa shape index (κ3) is 4.46. The summed E-state index contributed by atoms with van der Waals surface area (Å²) in [6.07, 6.45) is 4.55. The molecular formula is C25H23N7O2S. The number of likely N-dealkylation sites (tertiary alicyclic amines) is 1. The minimum absolute atomic E-state index is 0.0176. The molecule has 10 heteroatoms. The zero-order valence-electron chi connectivity index (χ0n) is 18.9. The predicted octanol–water partition coefficient (Wildman–Crippen LogP) is 3.94. The summed E-state index contributed by atoms with van der Waals surface area (Å²) in [4.78, 5) is 23.7. The SMILES string of the molecule is C=CC(=O)N1CCCC(n2nc(-c3csc(COc4ccc(C#N)cc4)c3)c3c(N)ncnc32)C1.